The number of methoxy groups -OCH3 is 1. The normalized spacial score (nSPS) is 9.50. The maximum Gasteiger partial charge on any atom is 0.137 e. The van der Waals surface area contributed by atoms with Gasteiger partial charge in [0.25, 0.3) is 0 Å². The molecule has 0 atom stereocenters. The summed E-state index contributed by atoms with van der Waals surface area (Å²) in [5.74, 6) is 1.69. The van der Waals surface area contributed by atoms with Crippen LogP contribution in [0.3, 0.4) is 0 Å². The molecular weight excluding hydrogens is 152 g/mol. The van der Waals surface area contributed by atoms with E-state index in [2.05, 4.69) is 17.2 Å². The van der Waals surface area contributed by atoms with Crippen molar-refractivity contribution in [2.24, 2.45) is 0 Å². The van der Waals surface area contributed by atoms with E-state index in [1.165, 1.54) is 0 Å². The maximum atomic E-state index is 4.98. The molecule has 1 rings (SSSR count). The van der Waals surface area contributed by atoms with Gasteiger partial charge in [-0.1, -0.05) is 6.92 Å². The van der Waals surface area contributed by atoms with Crippen LogP contribution in [-0.2, 0) is 0 Å². The van der Waals surface area contributed by atoms with E-state index in [4.69, 9.17) is 4.74 Å². The van der Waals surface area contributed by atoms with Gasteiger partial charge in [-0.25, -0.2) is 4.98 Å². The highest BCUT2D eigenvalue weighted by Crippen LogP contribution is 2.10. The molecule has 12 heavy (non-hydrogen) atoms. The van der Waals surface area contributed by atoms with Crippen LogP contribution in [0.15, 0.2) is 18.3 Å². The number of pyridine rings is 1. The maximum absolute atomic E-state index is 4.98. The lowest BCUT2D eigenvalue weighted by Gasteiger charge is -2.03. The Morgan fingerprint density at radius 2 is 2.33 bits per heavy atom. The quantitative estimate of drug-likeness (QED) is 0.742. The average molecular weight is 166 g/mol. The predicted octanol–water partition coefficient (Wildman–Crippen LogP) is 1.91. The molecule has 0 aliphatic carbocycles. The first-order valence-electron chi connectivity index (χ1n) is 4.10. The van der Waals surface area contributed by atoms with Crippen molar-refractivity contribution in [2.45, 2.75) is 13.3 Å². The van der Waals surface area contributed by atoms with Crippen LogP contribution in [0.2, 0.25) is 0 Å². The Bertz CT molecular complexity index is 220. The summed E-state index contributed by atoms with van der Waals surface area (Å²) in [5, 5.41) is 3.18. The molecule has 1 aromatic rings. The minimum atomic E-state index is 0.789. The van der Waals surface area contributed by atoms with Crippen molar-refractivity contribution in [1.29, 1.82) is 0 Å². The minimum absolute atomic E-state index is 0.789. The van der Waals surface area contributed by atoms with Gasteiger partial charge in [-0.15, -0.1) is 0 Å². The van der Waals surface area contributed by atoms with Gasteiger partial charge >= 0.3 is 0 Å². The second kappa shape index (κ2) is 4.59. The van der Waals surface area contributed by atoms with Gasteiger partial charge in [0.05, 0.1) is 13.3 Å². The summed E-state index contributed by atoms with van der Waals surface area (Å²) in [6.45, 7) is 3.08. The van der Waals surface area contributed by atoms with Crippen molar-refractivity contribution in [2.75, 3.05) is 19.0 Å². The van der Waals surface area contributed by atoms with E-state index in [9.17, 15) is 0 Å². The van der Waals surface area contributed by atoms with Crippen LogP contribution in [0.4, 0.5) is 5.82 Å². The van der Waals surface area contributed by atoms with E-state index >= 15 is 0 Å². The van der Waals surface area contributed by atoms with Crippen LogP contribution in [0.5, 0.6) is 5.75 Å². The molecular formula is C9H14N2O. The summed E-state index contributed by atoms with van der Waals surface area (Å²) in [7, 11) is 1.64. The molecule has 0 bridgehead atoms. The van der Waals surface area contributed by atoms with E-state index in [1.807, 2.05) is 12.1 Å². The van der Waals surface area contributed by atoms with E-state index in [-0.39, 0.29) is 0 Å². The lowest BCUT2D eigenvalue weighted by atomic mass is 10.4. The fourth-order valence-corrected chi connectivity index (χ4v) is 0.859. The minimum Gasteiger partial charge on any atom is -0.495 e. The highest BCUT2D eigenvalue weighted by Gasteiger charge is 1.92. The Hall–Kier alpha value is -1.25. The van der Waals surface area contributed by atoms with Gasteiger partial charge < -0.3 is 10.1 Å². The molecule has 1 heterocycles. The number of hydrogen-bond donors (Lipinski definition) is 1. The number of hydrogen-bond acceptors (Lipinski definition) is 3. The molecule has 0 radical (unpaired) electrons. The summed E-state index contributed by atoms with van der Waals surface area (Å²) in [6.07, 6.45) is 2.81. The van der Waals surface area contributed by atoms with E-state index in [1.54, 1.807) is 13.3 Å². The summed E-state index contributed by atoms with van der Waals surface area (Å²) >= 11 is 0. The topological polar surface area (TPSA) is 34.1 Å². The van der Waals surface area contributed by atoms with Crippen molar-refractivity contribution >= 4 is 5.82 Å². The third kappa shape index (κ3) is 2.42. The van der Waals surface area contributed by atoms with Crippen molar-refractivity contribution in [1.82, 2.24) is 4.98 Å². The fourth-order valence-electron chi connectivity index (χ4n) is 0.859. The highest BCUT2D eigenvalue weighted by atomic mass is 16.5. The first kappa shape index (κ1) is 8.84. The Morgan fingerprint density at radius 3 is 2.83 bits per heavy atom. The molecule has 3 heteroatoms. The Morgan fingerprint density at radius 1 is 1.50 bits per heavy atom. The number of rotatable bonds is 4. The lowest BCUT2D eigenvalue weighted by molar-refractivity contribution is 0.413. The van der Waals surface area contributed by atoms with Crippen LogP contribution in [0, 0.1) is 0 Å². The van der Waals surface area contributed by atoms with Crippen LogP contribution < -0.4 is 10.1 Å². The van der Waals surface area contributed by atoms with E-state index in [0.29, 0.717) is 0 Å². The molecule has 0 saturated heterocycles. The molecule has 0 unspecified atom stereocenters. The lowest BCUT2D eigenvalue weighted by Crippen LogP contribution is -2.01. The molecule has 0 aromatic carbocycles. The number of anilines is 1. The monoisotopic (exact) mass is 166 g/mol. The van der Waals surface area contributed by atoms with Crippen molar-refractivity contribution in [3.63, 3.8) is 0 Å². The number of ether oxygens (including phenoxy) is 1. The molecule has 0 fully saturated rings. The zero-order valence-electron chi connectivity index (χ0n) is 7.50. The Balaban J connectivity index is 2.53. The van der Waals surface area contributed by atoms with Gasteiger partial charge in [0.2, 0.25) is 0 Å². The predicted molar refractivity (Wildman–Crippen MR) is 49.6 cm³/mol. The molecule has 0 spiro atoms. The molecule has 66 valence electrons. The van der Waals surface area contributed by atoms with E-state index in [0.717, 1.165) is 24.5 Å². The zero-order valence-corrected chi connectivity index (χ0v) is 7.50. The first-order chi connectivity index (χ1) is 5.86. The molecule has 3 nitrogen and oxygen atoms in total. The largest absolute Gasteiger partial charge is 0.495 e. The van der Waals surface area contributed by atoms with E-state index < -0.39 is 0 Å². The van der Waals surface area contributed by atoms with Crippen LogP contribution >= 0.6 is 0 Å². The van der Waals surface area contributed by atoms with Gasteiger partial charge in [-0.05, 0) is 18.6 Å². The van der Waals surface area contributed by atoms with Crippen LogP contribution in [0.25, 0.3) is 0 Å². The van der Waals surface area contributed by atoms with Gasteiger partial charge in [0, 0.05) is 6.54 Å². The third-order valence-corrected chi connectivity index (χ3v) is 1.53. The number of nitrogens with one attached hydrogen (secondary N) is 1. The van der Waals surface area contributed by atoms with Crippen LogP contribution in [-0.4, -0.2) is 18.6 Å². The second-order valence-electron chi connectivity index (χ2n) is 2.51. The number of aromatic nitrogens is 1. The Kier molecular flexibility index (Phi) is 3.38. The van der Waals surface area contributed by atoms with Gasteiger partial charge in [-0.3, -0.25) is 0 Å². The fraction of sp³-hybridized carbons (Fsp3) is 0.444. The van der Waals surface area contributed by atoms with Crippen molar-refractivity contribution in [3.8, 4) is 5.75 Å². The van der Waals surface area contributed by atoms with Crippen LogP contribution in [0.1, 0.15) is 13.3 Å². The third-order valence-electron chi connectivity index (χ3n) is 1.53. The summed E-state index contributed by atoms with van der Waals surface area (Å²) in [5.41, 5.74) is 0. The van der Waals surface area contributed by atoms with Crippen molar-refractivity contribution in [3.05, 3.63) is 18.3 Å². The van der Waals surface area contributed by atoms with Gasteiger partial charge in [-0.2, -0.15) is 0 Å². The summed E-state index contributed by atoms with van der Waals surface area (Å²) < 4.78 is 4.98. The summed E-state index contributed by atoms with van der Waals surface area (Å²) in [6, 6.07) is 3.81. The molecule has 1 aromatic heterocycles. The molecule has 0 aliphatic heterocycles. The Labute approximate surface area is 72.8 Å². The molecule has 1 N–H and O–H groups in total. The van der Waals surface area contributed by atoms with Gasteiger partial charge in [0.15, 0.2) is 0 Å². The smallest absolute Gasteiger partial charge is 0.137 e. The second-order valence-corrected chi connectivity index (χ2v) is 2.51. The highest BCUT2D eigenvalue weighted by molar-refractivity contribution is 5.37. The van der Waals surface area contributed by atoms with Gasteiger partial charge in [0.1, 0.15) is 11.6 Å². The molecule has 0 saturated carbocycles. The average Bonchev–Trinajstić information content (AvgIpc) is 2.15. The van der Waals surface area contributed by atoms with Crippen molar-refractivity contribution < 1.29 is 4.74 Å². The molecule has 0 aliphatic rings. The first-order valence-corrected chi connectivity index (χ1v) is 4.10. The standard InChI is InChI=1S/C9H14N2O/c1-3-6-10-9-5-4-8(12-2)7-11-9/h4-5,7H,3,6H2,1-2H3,(H,10,11). The SMILES string of the molecule is CCCNc1ccc(OC)cn1. The molecule has 0 amide bonds. The zero-order chi connectivity index (χ0) is 8.81. The summed E-state index contributed by atoms with van der Waals surface area (Å²) in [4.78, 5) is 4.15. The number of nitrogens with zero attached hydrogens (tertiary/aromatic N) is 1.